The lowest BCUT2D eigenvalue weighted by molar-refractivity contribution is -0.141. The summed E-state index contributed by atoms with van der Waals surface area (Å²) in [5, 5.41) is 2.33. The maximum atomic E-state index is 11.5. The van der Waals surface area contributed by atoms with Crippen molar-refractivity contribution in [3.05, 3.63) is 29.3 Å². The summed E-state index contributed by atoms with van der Waals surface area (Å²) in [6, 6.07) is 5.58. The molecular weight excluding hydrogens is 234 g/mol. The van der Waals surface area contributed by atoms with Gasteiger partial charge in [-0.1, -0.05) is 18.2 Å². The van der Waals surface area contributed by atoms with E-state index >= 15 is 0 Å². The molecule has 0 bridgehead atoms. The largest absolute Gasteiger partial charge is 0.465 e. The Morgan fingerprint density at radius 2 is 1.83 bits per heavy atom. The molecule has 0 atom stereocenters. The van der Waals surface area contributed by atoms with Gasteiger partial charge in [-0.2, -0.15) is 0 Å². The number of amides is 1. The number of rotatable bonds is 4. The summed E-state index contributed by atoms with van der Waals surface area (Å²) >= 11 is 0. The topological polar surface area (TPSA) is 64.6 Å². The zero-order chi connectivity index (χ0) is 13.5. The second kappa shape index (κ2) is 6.64. The molecule has 1 aromatic rings. The fourth-order valence-electron chi connectivity index (χ4n) is 1.45. The third kappa shape index (κ3) is 4.08. The van der Waals surface area contributed by atoms with Crippen LogP contribution in [0.4, 0.5) is 4.79 Å². The van der Waals surface area contributed by atoms with Gasteiger partial charge in [-0.3, -0.25) is 4.79 Å². The molecule has 0 aliphatic heterocycles. The Kier molecular flexibility index (Phi) is 5.17. The van der Waals surface area contributed by atoms with Crippen molar-refractivity contribution in [3.63, 3.8) is 0 Å². The van der Waals surface area contributed by atoms with Crippen LogP contribution in [0.25, 0.3) is 0 Å². The predicted molar refractivity (Wildman–Crippen MR) is 66.6 cm³/mol. The minimum Gasteiger partial charge on any atom is -0.465 e. The van der Waals surface area contributed by atoms with Gasteiger partial charge in [0.05, 0.1) is 6.61 Å². The number of carbonyl (C=O) groups excluding carboxylic acids is 2. The van der Waals surface area contributed by atoms with Crippen molar-refractivity contribution in [2.75, 3.05) is 13.2 Å². The first-order valence-electron chi connectivity index (χ1n) is 5.72. The maximum Gasteiger partial charge on any atom is 0.413 e. The Bertz CT molecular complexity index is 422. The molecule has 0 radical (unpaired) electrons. The quantitative estimate of drug-likeness (QED) is 0.831. The van der Waals surface area contributed by atoms with Crippen LogP contribution in [0.2, 0.25) is 0 Å². The van der Waals surface area contributed by atoms with E-state index in [-0.39, 0.29) is 13.2 Å². The van der Waals surface area contributed by atoms with E-state index in [1.54, 1.807) is 6.92 Å². The van der Waals surface area contributed by atoms with Crippen LogP contribution in [0.3, 0.4) is 0 Å². The molecule has 0 saturated carbocycles. The summed E-state index contributed by atoms with van der Waals surface area (Å²) in [5.41, 5.74) is 1.72. The van der Waals surface area contributed by atoms with Gasteiger partial charge in [-0.15, -0.1) is 0 Å². The summed E-state index contributed by atoms with van der Waals surface area (Å²) in [6.45, 7) is 5.49. The van der Waals surface area contributed by atoms with Gasteiger partial charge >= 0.3 is 12.1 Å². The highest BCUT2D eigenvalue weighted by Gasteiger charge is 2.11. The van der Waals surface area contributed by atoms with E-state index in [0.29, 0.717) is 5.75 Å². The molecule has 0 aliphatic rings. The van der Waals surface area contributed by atoms with Crippen molar-refractivity contribution in [3.8, 4) is 5.75 Å². The molecule has 5 heteroatoms. The van der Waals surface area contributed by atoms with Crippen LogP contribution in [0.1, 0.15) is 18.1 Å². The van der Waals surface area contributed by atoms with Crippen molar-refractivity contribution in [1.29, 1.82) is 0 Å². The van der Waals surface area contributed by atoms with Crippen LogP contribution in [-0.4, -0.2) is 25.2 Å². The third-order valence-corrected chi connectivity index (χ3v) is 2.29. The molecule has 0 aromatic heterocycles. The minimum absolute atomic E-state index is 0.197. The van der Waals surface area contributed by atoms with E-state index in [1.165, 1.54) is 0 Å². The Hall–Kier alpha value is -2.04. The number of carbonyl (C=O) groups is 2. The summed E-state index contributed by atoms with van der Waals surface area (Å²) in [4.78, 5) is 22.5. The van der Waals surface area contributed by atoms with E-state index in [1.807, 2.05) is 32.0 Å². The third-order valence-electron chi connectivity index (χ3n) is 2.29. The number of para-hydroxylation sites is 1. The van der Waals surface area contributed by atoms with Crippen molar-refractivity contribution in [2.45, 2.75) is 20.8 Å². The second-order valence-electron chi connectivity index (χ2n) is 3.77. The number of esters is 1. The molecule has 0 fully saturated rings. The van der Waals surface area contributed by atoms with Gasteiger partial charge in [0.15, 0.2) is 0 Å². The highest BCUT2D eigenvalue weighted by atomic mass is 16.6. The SMILES string of the molecule is CCOC(=O)CNC(=O)Oc1c(C)cccc1C. The molecule has 98 valence electrons. The monoisotopic (exact) mass is 251 g/mol. The lowest BCUT2D eigenvalue weighted by Crippen LogP contribution is -2.33. The Morgan fingerprint density at radius 3 is 2.39 bits per heavy atom. The molecule has 0 saturated heterocycles. The first-order valence-corrected chi connectivity index (χ1v) is 5.72. The highest BCUT2D eigenvalue weighted by Crippen LogP contribution is 2.22. The first-order chi connectivity index (χ1) is 8.54. The van der Waals surface area contributed by atoms with Gasteiger partial charge in [0.25, 0.3) is 0 Å². The van der Waals surface area contributed by atoms with Crippen LogP contribution >= 0.6 is 0 Å². The number of hydrogen-bond acceptors (Lipinski definition) is 4. The van der Waals surface area contributed by atoms with Crippen LogP contribution in [0.5, 0.6) is 5.75 Å². The number of hydrogen-bond donors (Lipinski definition) is 1. The number of aryl methyl sites for hydroxylation is 2. The zero-order valence-electron chi connectivity index (χ0n) is 10.8. The maximum absolute atomic E-state index is 11.5. The van der Waals surface area contributed by atoms with Crippen LogP contribution in [0.15, 0.2) is 18.2 Å². The molecule has 1 aromatic carbocycles. The zero-order valence-corrected chi connectivity index (χ0v) is 10.8. The molecule has 18 heavy (non-hydrogen) atoms. The first kappa shape index (κ1) is 14.0. The van der Waals surface area contributed by atoms with Gasteiger partial charge in [-0.25, -0.2) is 4.79 Å². The molecule has 0 heterocycles. The molecule has 1 amide bonds. The van der Waals surface area contributed by atoms with Gasteiger partial charge in [0.1, 0.15) is 12.3 Å². The van der Waals surface area contributed by atoms with Crippen molar-refractivity contribution < 1.29 is 19.1 Å². The van der Waals surface area contributed by atoms with Gasteiger partial charge in [0.2, 0.25) is 0 Å². The lowest BCUT2D eigenvalue weighted by Gasteiger charge is -2.10. The molecule has 1 rings (SSSR count). The smallest absolute Gasteiger partial charge is 0.413 e. The van der Waals surface area contributed by atoms with E-state index < -0.39 is 12.1 Å². The average Bonchev–Trinajstić information content (AvgIpc) is 2.32. The fourth-order valence-corrected chi connectivity index (χ4v) is 1.45. The van der Waals surface area contributed by atoms with Crippen LogP contribution < -0.4 is 10.1 Å². The fraction of sp³-hybridized carbons (Fsp3) is 0.385. The normalized spacial score (nSPS) is 9.72. The van der Waals surface area contributed by atoms with Crippen molar-refractivity contribution in [2.24, 2.45) is 0 Å². The van der Waals surface area contributed by atoms with Gasteiger partial charge < -0.3 is 14.8 Å². The number of nitrogens with one attached hydrogen (secondary N) is 1. The molecule has 0 aliphatic carbocycles. The molecule has 1 N–H and O–H groups in total. The average molecular weight is 251 g/mol. The minimum atomic E-state index is -0.666. The summed E-state index contributed by atoms with van der Waals surface area (Å²) < 4.78 is 9.83. The predicted octanol–water partition coefficient (Wildman–Crippen LogP) is 1.95. The van der Waals surface area contributed by atoms with Gasteiger partial charge in [0, 0.05) is 0 Å². The Labute approximate surface area is 106 Å². The second-order valence-corrected chi connectivity index (χ2v) is 3.77. The lowest BCUT2D eigenvalue weighted by atomic mass is 10.1. The van der Waals surface area contributed by atoms with E-state index in [2.05, 4.69) is 10.1 Å². The van der Waals surface area contributed by atoms with E-state index in [0.717, 1.165) is 11.1 Å². The molecule has 0 spiro atoms. The van der Waals surface area contributed by atoms with Gasteiger partial charge in [-0.05, 0) is 31.9 Å². The molecule has 5 nitrogen and oxygen atoms in total. The summed E-state index contributed by atoms with van der Waals surface area (Å²) in [5.74, 6) is 0.0230. The van der Waals surface area contributed by atoms with E-state index in [4.69, 9.17) is 4.74 Å². The Balaban J connectivity index is 2.52. The van der Waals surface area contributed by atoms with Crippen LogP contribution in [-0.2, 0) is 9.53 Å². The standard InChI is InChI=1S/C13H17NO4/c1-4-17-11(15)8-14-13(16)18-12-9(2)6-5-7-10(12)3/h5-7H,4,8H2,1-3H3,(H,14,16). The highest BCUT2D eigenvalue weighted by molar-refractivity contribution is 5.79. The van der Waals surface area contributed by atoms with Crippen LogP contribution in [0, 0.1) is 13.8 Å². The van der Waals surface area contributed by atoms with Crippen molar-refractivity contribution >= 4 is 12.1 Å². The van der Waals surface area contributed by atoms with E-state index in [9.17, 15) is 9.59 Å². The molecule has 0 unspecified atom stereocenters. The van der Waals surface area contributed by atoms with Crippen molar-refractivity contribution in [1.82, 2.24) is 5.32 Å². The Morgan fingerprint density at radius 1 is 1.22 bits per heavy atom. The summed E-state index contributed by atoms with van der Waals surface area (Å²) in [6.07, 6.45) is -0.666. The number of benzene rings is 1. The summed E-state index contributed by atoms with van der Waals surface area (Å²) in [7, 11) is 0. The number of ether oxygens (including phenoxy) is 2. The molecular formula is C13H17NO4.